The smallest absolute Gasteiger partial charge is 0.274 e. The van der Waals surface area contributed by atoms with Crippen LogP contribution in [0, 0.1) is 0 Å². The summed E-state index contributed by atoms with van der Waals surface area (Å²) in [5.41, 5.74) is 6.54. The molecule has 0 heterocycles. The standard InChI is InChI=1S/C15H21F2NO/c1-14(16,17)11-7-6-8-12(13(11)19-2)15(18)9-4-3-5-10-15/h6-8H,3-5,9-10,18H2,1-2H3. The number of methoxy groups -OCH3 is 1. The largest absolute Gasteiger partial charge is 0.496 e. The topological polar surface area (TPSA) is 35.2 Å². The summed E-state index contributed by atoms with van der Waals surface area (Å²) in [5.74, 6) is -2.67. The second-order valence-electron chi connectivity index (χ2n) is 5.49. The molecule has 2 nitrogen and oxygen atoms in total. The highest BCUT2D eigenvalue weighted by molar-refractivity contribution is 5.47. The number of hydrogen-bond donors (Lipinski definition) is 1. The normalized spacial score (nSPS) is 19.2. The van der Waals surface area contributed by atoms with Crippen molar-refractivity contribution in [3.8, 4) is 5.75 Å². The average molecular weight is 269 g/mol. The number of halogens is 2. The van der Waals surface area contributed by atoms with Gasteiger partial charge in [0.25, 0.3) is 5.92 Å². The van der Waals surface area contributed by atoms with Gasteiger partial charge in [-0.25, -0.2) is 8.78 Å². The number of benzene rings is 1. The Labute approximate surface area is 112 Å². The van der Waals surface area contributed by atoms with Crippen LogP contribution in [0.3, 0.4) is 0 Å². The third kappa shape index (κ3) is 2.73. The van der Waals surface area contributed by atoms with E-state index < -0.39 is 11.5 Å². The summed E-state index contributed by atoms with van der Waals surface area (Å²) in [6.07, 6.45) is 4.87. The van der Waals surface area contributed by atoms with Crippen LogP contribution in [0.2, 0.25) is 0 Å². The third-order valence-electron chi connectivity index (χ3n) is 3.97. The number of rotatable bonds is 3. The van der Waals surface area contributed by atoms with Gasteiger partial charge >= 0.3 is 0 Å². The molecule has 1 aromatic rings. The summed E-state index contributed by atoms with van der Waals surface area (Å²) in [5, 5.41) is 0. The second-order valence-corrected chi connectivity index (χ2v) is 5.49. The molecule has 1 aromatic carbocycles. The predicted octanol–water partition coefficient (Wildman–Crippen LogP) is 3.93. The fourth-order valence-electron chi connectivity index (χ4n) is 2.95. The van der Waals surface area contributed by atoms with Crippen LogP contribution in [0.15, 0.2) is 18.2 Å². The maximum absolute atomic E-state index is 13.7. The maximum Gasteiger partial charge on any atom is 0.274 e. The maximum atomic E-state index is 13.7. The van der Waals surface area contributed by atoms with Gasteiger partial charge in [-0.1, -0.05) is 31.4 Å². The van der Waals surface area contributed by atoms with E-state index in [1.165, 1.54) is 13.2 Å². The van der Waals surface area contributed by atoms with Crippen LogP contribution in [-0.2, 0) is 11.5 Å². The van der Waals surface area contributed by atoms with Crippen molar-refractivity contribution in [3.63, 3.8) is 0 Å². The van der Waals surface area contributed by atoms with Crippen molar-refractivity contribution in [1.82, 2.24) is 0 Å². The fraction of sp³-hybridized carbons (Fsp3) is 0.600. The minimum atomic E-state index is -2.92. The van der Waals surface area contributed by atoms with Crippen molar-refractivity contribution in [2.75, 3.05) is 7.11 Å². The minimum absolute atomic E-state index is 0.0806. The van der Waals surface area contributed by atoms with Gasteiger partial charge in [0.1, 0.15) is 5.75 Å². The summed E-state index contributed by atoms with van der Waals surface area (Å²) >= 11 is 0. The molecular formula is C15H21F2NO. The van der Waals surface area contributed by atoms with Gasteiger partial charge in [-0.3, -0.25) is 0 Å². The summed E-state index contributed by atoms with van der Waals surface area (Å²) in [6.45, 7) is 0.888. The van der Waals surface area contributed by atoms with Crippen molar-refractivity contribution < 1.29 is 13.5 Å². The van der Waals surface area contributed by atoms with Crippen LogP contribution in [0.25, 0.3) is 0 Å². The molecule has 19 heavy (non-hydrogen) atoms. The van der Waals surface area contributed by atoms with Crippen LogP contribution in [0.4, 0.5) is 8.78 Å². The molecule has 0 atom stereocenters. The molecule has 1 aliphatic carbocycles. The summed E-state index contributed by atoms with van der Waals surface area (Å²) in [7, 11) is 1.43. The van der Waals surface area contributed by atoms with Gasteiger partial charge < -0.3 is 10.5 Å². The van der Waals surface area contributed by atoms with E-state index in [9.17, 15) is 8.78 Å². The zero-order valence-electron chi connectivity index (χ0n) is 11.5. The van der Waals surface area contributed by atoms with Crippen LogP contribution >= 0.6 is 0 Å². The second kappa shape index (κ2) is 5.08. The Morgan fingerprint density at radius 2 is 1.84 bits per heavy atom. The summed E-state index contributed by atoms with van der Waals surface area (Å²) < 4.78 is 32.6. The molecule has 0 spiro atoms. The lowest BCUT2D eigenvalue weighted by atomic mass is 9.76. The SMILES string of the molecule is COc1c(C(C)(F)F)cccc1C1(N)CCCCC1. The Balaban J connectivity index is 2.51. The van der Waals surface area contributed by atoms with Gasteiger partial charge in [0.2, 0.25) is 0 Å². The van der Waals surface area contributed by atoms with E-state index in [0.29, 0.717) is 5.56 Å². The van der Waals surface area contributed by atoms with Gasteiger partial charge in [0.05, 0.1) is 12.7 Å². The number of ether oxygens (including phenoxy) is 1. The van der Waals surface area contributed by atoms with E-state index in [2.05, 4.69) is 0 Å². The lowest BCUT2D eigenvalue weighted by molar-refractivity contribution is 0.0147. The third-order valence-corrected chi connectivity index (χ3v) is 3.97. The van der Waals surface area contributed by atoms with Gasteiger partial charge in [0.15, 0.2) is 0 Å². The summed E-state index contributed by atoms with van der Waals surface area (Å²) in [6, 6.07) is 4.88. The molecule has 2 rings (SSSR count). The van der Waals surface area contributed by atoms with Crippen molar-refractivity contribution >= 4 is 0 Å². The first-order valence-electron chi connectivity index (χ1n) is 6.73. The van der Waals surface area contributed by atoms with Gasteiger partial charge in [-0.2, -0.15) is 0 Å². The first kappa shape index (κ1) is 14.3. The molecule has 0 aliphatic heterocycles. The van der Waals surface area contributed by atoms with E-state index in [1.54, 1.807) is 6.07 Å². The molecule has 0 bridgehead atoms. The Hall–Kier alpha value is -1.16. The van der Waals surface area contributed by atoms with Crippen LogP contribution in [-0.4, -0.2) is 7.11 Å². The van der Waals surface area contributed by atoms with Gasteiger partial charge in [0, 0.05) is 18.0 Å². The zero-order valence-corrected chi connectivity index (χ0v) is 11.5. The Morgan fingerprint density at radius 3 is 2.37 bits per heavy atom. The zero-order chi connectivity index (χ0) is 14.1. The average Bonchev–Trinajstić information content (AvgIpc) is 2.37. The van der Waals surface area contributed by atoms with Gasteiger partial charge in [-0.05, 0) is 18.9 Å². The van der Waals surface area contributed by atoms with E-state index >= 15 is 0 Å². The molecule has 0 saturated heterocycles. The highest BCUT2D eigenvalue weighted by atomic mass is 19.3. The van der Waals surface area contributed by atoms with Crippen LogP contribution < -0.4 is 10.5 Å². The molecular weight excluding hydrogens is 248 g/mol. The molecule has 1 saturated carbocycles. The van der Waals surface area contributed by atoms with E-state index in [0.717, 1.165) is 39.0 Å². The molecule has 1 fully saturated rings. The Morgan fingerprint density at radius 1 is 1.21 bits per heavy atom. The van der Waals surface area contributed by atoms with E-state index in [4.69, 9.17) is 10.5 Å². The highest BCUT2D eigenvalue weighted by Gasteiger charge is 2.36. The van der Waals surface area contributed by atoms with Crippen LogP contribution in [0.1, 0.15) is 50.2 Å². The molecule has 0 unspecified atom stereocenters. The number of hydrogen-bond acceptors (Lipinski definition) is 2. The molecule has 106 valence electrons. The fourth-order valence-corrected chi connectivity index (χ4v) is 2.95. The van der Waals surface area contributed by atoms with Crippen LogP contribution in [0.5, 0.6) is 5.75 Å². The van der Waals surface area contributed by atoms with Crippen molar-refractivity contribution in [3.05, 3.63) is 29.3 Å². The predicted molar refractivity (Wildman–Crippen MR) is 71.5 cm³/mol. The van der Waals surface area contributed by atoms with Crippen molar-refractivity contribution in [2.24, 2.45) is 5.73 Å². The quantitative estimate of drug-likeness (QED) is 0.902. The molecule has 0 amide bonds. The first-order chi connectivity index (χ1) is 8.88. The molecule has 0 aromatic heterocycles. The number of nitrogens with two attached hydrogens (primary N) is 1. The molecule has 1 aliphatic rings. The number of para-hydroxylation sites is 1. The number of alkyl halides is 2. The highest BCUT2D eigenvalue weighted by Crippen LogP contribution is 2.44. The van der Waals surface area contributed by atoms with Gasteiger partial charge in [-0.15, -0.1) is 0 Å². The lowest BCUT2D eigenvalue weighted by Gasteiger charge is -2.35. The molecule has 4 heteroatoms. The molecule has 0 radical (unpaired) electrons. The first-order valence-corrected chi connectivity index (χ1v) is 6.73. The molecule has 2 N–H and O–H groups in total. The van der Waals surface area contributed by atoms with Crippen molar-refractivity contribution in [1.29, 1.82) is 0 Å². The van der Waals surface area contributed by atoms with E-state index in [1.807, 2.05) is 6.07 Å². The lowest BCUT2D eigenvalue weighted by Crippen LogP contribution is -2.39. The van der Waals surface area contributed by atoms with Crippen molar-refractivity contribution in [2.45, 2.75) is 50.5 Å². The monoisotopic (exact) mass is 269 g/mol. The summed E-state index contributed by atoms with van der Waals surface area (Å²) in [4.78, 5) is 0. The Bertz CT molecular complexity index is 448. The van der Waals surface area contributed by atoms with E-state index in [-0.39, 0.29) is 11.3 Å². The minimum Gasteiger partial charge on any atom is -0.496 e. The Kier molecular flexibility index (Phi) is 3.81.